The van der Waals surface area contributed by atoms with E-state index >= 15 is 0 Å². The molecule has 0 bridgehead atoms. The van der Waals surface area contributed by atoms with Crippen LogP contribution in [0.25, 0.3) is 0 Å². The van der Waals surface area contributed by atoms with Crippen LogP contribution in [0.4, 0.5) is 5.69 Å². The molecule has 0 saturated carbocycles. The zero-order valence-corrected chi connectivity index (χ0v) is 18.6. The fraction of sp³-hybridized carbons (Fsp3) is 0.130. The topological polar surface area (TPSA) is 72.2 Å². The number of ketones is 1. The summed E-state index contributed by atoms with van der Waals surface area (Å²) in [5.41, 5.74) is 9.04. The van der Waals surface area contributed by atoms with Crippen molar-refractivity contribution < 1.29 is 9.59 Å². The SMILES string of the molecule is Cc1cccc(CN)c1.O=C(CCl)Nc1ccccc1C(=O)c1ccc(Cl)c(Cl)c1. The van der Waals surface area contributed by atoms with E-state index in [0.29, 0.717) is 33.4 Å². The van der Waals surface area contributed by atoms with Crippen LogP contribution in [-0.2, 0) is 11.3 Å². The van der Waals surface area contributed by atoms with E-state index in [0.717, 1.165) is 0 Å². The lowest BCUT2D eigenvalue weighted by Crippen LogP contribution is -2.15. The number of nitrogens with two attached hydrogens (primary N) is 1. The molecule has 1 amide bonds. The molecule has 3 aromatic rings. The lowest BCUT2D eigenvalue weighted by molar-refractivity contribution is -0.113. The van der Waals surface area contributed by atoms with Crippen LogP contribution in [0.5, 0.6) is 0 Å². The van der Waals surface area contributed by atoms with Gasteiger partial charge in [0.25, 0.3) is 0 Å². The highest BCUT2D eigenvalue weighted by Crippen LogP contribution is 2.25. The zero-order valence-electron chi connectivity index (χ0n) is 16.3. The first-order chi connectivity index (χ1) is 14.3. The van der Waals surface area contributed by atoms with E-state index in [-0.39, 0.29) is 17.6 Å². The number of hydrogen-bond acceptors (Lipinski definition) is 3. The Bertz CT molecular complexity index is 1040. The molecule has 0 atom stereocenters. The minimum absolute atomic E-state index is 0.185. The van der Waals surface area contributed by atoms with Crippen molar-refractivity contribution in [1.82, 2.24) is 0 Å². The maximum absolute atomic E-state index is 12.5. The largest absolute Gasteiger partial charge is 0.326 e. The summed E-state index contributed by atoms with van der Waals surface area (Å²) in [4.78, 5) is 23.9. The van der Waals surface area contributed by atoms with Crippen LogP contribution in [0, 0.1) is 6.92 Å². The van der Waals surface area contributed by atoms with E-state index in [1.165, 1.54) is 17.2 Å². The standard InChI is InChI=1S/C15H10Cl3NO2.C8H11N/c16-8-14(20)19-13-4-2-1-3-10(13)15(21)9-5-6-11(17)12(18)7-9;1-7-3-2-4-8(5-7)6-9/h1-7H,8H2,(H,19,20);2-5H,6,9H2,1H3. The Morgan fingerprint density at radius 1 is 0.933 bits per heavy atom. The Balaban J connectivity index is 0.000000297. The van der Waals surface area contributed by atoms with E-state index in [1.807, 2.05) is 12.1 Å². The van der Waals surface area contributed by atoms with Gasteiger partial charge in [0.05, 0.1) is 15.7 Å². The van der Waals surface area contributed by atoms with Crippen molar-refractivity contribution in [2.75, 3.05) is 11.2 Å². The first kappa shape index (κ1) is 23.9. The van der Waals surface area contributed by atoms with Crippen LogP contribution in [0.3, 0.4) is 0 Å². The van der Waals surface area contributed by atoms with E-state index in [2.05, 4.69) is 24.4 Å². The number of benzene rings is 3. The number of hydrogen-bond donors (Lipinski definition) is 2. The molecule has 0 saturated heterocycles. The van der Waals surface area contributed by atoms with E-state index < -0.39 is 0 Å². The van der Waals surface area contributed by atoms with Crippen LogP contribution in [-0.4, -0.2) is 17.6 Å². The van der Waals surface area contributed by atoms with Crippen LogP contribution in [0.1, 0.15) is 27.0 Å². The number of aryl methyl sites for hydroxylation is 1. The molecule has 3 N–H and O–H groups in total. The summed E-state index contributed by atoms with van der Waals surface area (Å²) in [7, 11) is 0. The van der Waals surface area contributed by atoms with E-state index in [4.69, 9.17) is 40.5 Å². The van der Waals surface area contributed by atoms with Crippen molar-refractivity contribution in [2.45, 2.75) is 13.5 Å². The van der Waals surface area contributed by atoms with Crippen molar-refractivity contribution >= 4 is 52.2 Å². The molecule has 4 nitrogen and oxygen atoms in total. The number of alkyl halides is 1. The van der Waals surface area contributed by atoms with E-state index in [1.54, 1.807) is 36.4 Å². The average Bonchev–Trinajstić information content (AvgIpc) is 2.76. The van der Waals surface area contributed by atoms with Gasteiger partial charge in [0, 0.05) is 17.7 Å². The van der Waals surface area contributed by atoms with Gasteiger partial charge in [0.2, 0.25) is 5.91 Å². The zero-order chi connectivity index (χ0) is 22.1. The smallest absolute Gasteiger partial charge is 0.239 e. The number of para-hydroxylation sites is 1. The van der Waals surface area contributed by atoms with Crippen molar-refractivity contribution in [3.05, 3.63) is 99.0 Å². The van der Waals surface area contributed by atoms with Gasteiger partial charge in [-0.2, -0.15) is 0 Å². The third kappa shape index (κ3) is 6.85. The Labute approximate surface area is 190 Å². The Hall–Kier alpha value is -2.37. The molecule has 30 heavy (non-hydrogen) atoms. The van der Waals surface area contributed by atoms with Crippen molar-refractivity contribution in [3.8, 4) is 0 Å². The van der Waals surface area contributed by atoms with Gasteiger partial charge in [-0.1, -0.05) is 65.2 Å². The molecule has 0 fully saturated rings. The van der Waals surface area contributed by atoms with Gasteiger partial charge < -0.3 is 11.1 Å². The quantitative estimate of drug-likeness (QED) is 0.368. The minimum atomic E-state index is -0.383. The van der Waals surface area contributed by atoms with Gasteiger partial charge in [-0.25, -0.2) is 0 Å². The molecule has 0 heterocycles. The second-order valence-corrected chi connectivity index (χ2v) is 7.46. The lowest BCUT2D eigenvalue weighted by atomic mass is 10.0. The summed E-state index contributed by atoms with van der Waals surface area (Å²) in [6.07, 6.45) is 0. The number of rotatable bonds is 5. The van der Waals surface area contributed by atoms with Crippen LogP contribution >= 0.6 is 34.8 Å². The number of carbonyl (C=O) groups excluding carboxylic acids is 2. The Morgan fingerprint density at radius 2 is 1.67 bits per heavy atom. The summed E-state index contributed by atoms with van der Waals surface area (Å²) in [5.74, 6) is -0.833. The first-order valence-electron chi connectivity index (χ1n) is 9.06. The third-order valence-corrected chi connectivity index (χ3v) is 5.05. The first-order valence-corrected chi connectivity index (χ1v) is 10.3. The van der Waals surface area contributed by atoms with Crippen LogP contribution in [0.15, 0.2) is 66.7 Å². The molecule has 3 rings (SSSR count). The molecule has 0 aliphatic heterocycles. The summed E-state index contributed by atoms with van der Waals surface area (Å²) in [6, 6.07) is 19.5. The highest BCUT2D eigenvalue weighted by molar-refractivity contribution is 6.42. The predicted molar refractivity (Wildman–Crippen MR) is 125 cm³/mol. The number of carbonyl (C=O) groups is 2. The second-order valence-electron chi connectivity index (χ2n) is 6.38. The predicted octanol–water partition coefficient (Wildman–Crippen LogP) is 5.86. The van der Waals surface area contributed by atoms with Gasteiger partial charge in [-0.05, 0) is 42.8 Å². The highest BCUT2D eigenvalue weighted by atomic mass is 35.5. The molecule has 3 aromatic carbocycles. The molecule has 0 unspecified atom stereocenters. The lowest BCUT2D eigenvalue weighted by Gasteiger charge is -2.10. The number of nitrogens with one attached hydrogen (secondary N) is 1. The monoisotopic (exact) mass is 462 g/mol. The third-order valence-electron chi connectivity index (χ3n) is 4.07. The Kier molecular flexibility index (Phi) is 9.34. The summed E-state index contributed by atoms with van der Waals surface area (Å²) in [5, 5.41) is 3.25. The number of halogens is 3. The average molecular weight is 464 g/mol. The summed E-state index contributed by atoms with van der Waals surface area (Å²) in [6.45, 7) is 2.71. The molecular weight excluding hydrogens is 443 g/mol. The molecule has 0 aliphatic carbocycles. The summed E-state index contributed by atoms with van der Waals surface area (Å²) >= 11 is 17.2. The number of anilines is 1. The normalized spacial score (nSPS) is 10.0. The van der Waals surface area contributed by atoms with Crippen molar-refractivity contribution in [1.29, 1.82) is 0 Å². The molecule has 7 heteroatoms. The Morgan fingerprint density at radius 3 is 2.27 bits per heavy atom. The minimum Gasteiger partial charge on any atom is -0.326 e. The summed E-state index contributed by atoms with van der Waals surface area (Å²) < 4.78 is 0. The van der Waals surface area contributed by atoms with Gasteiger partial charge >= 0.3 is 0 Å². The second kappa shape index (κ2) is 11.7. The molecule has 0 aromatic heterocycles. The van der Waals surface area contributed by atoms with E-state index in [9.17, 15) is 9.59 Å². The maximum Gasteiger partial charge on any atom is 0.239 e. The maximum atomic E-state index is 12.5. The fourth-order valence-electron chi connectivity index (χ4n) is 2.61. The molecule has 0 aliphatic rings. The highest BCUT2D eigenvalue weighted by Gasteiger charge is 2.15. The molecular formula is C23H21Cl3N2O2. The number of amides is 1. The fourth-order valence-corrected chi connectivity index (χ4v) is 2.97. The van der Waals surface area contributed by atoms with Crippen molar-refractivity contribution in [2.24, 2.45) is 5.73 Å². The van der Waals surface area contributed by atoms with Crippen molar-refractivity contribution in [3.63, 3.8) is 0 Å². The van der Waals surface area contributed by atoms with Crippen LogP contribution < -0.4 is 11.1 Å². The van der Waals surface area contributed by atoms with Crippen LogP contribution in [0.2, 0.25) is 10.0 Å². The van der Waals surface area contributed by atoms with Gasteiger partial charge in [-0.15, -0.1) is 11.6 Å². The van der Waals surface area contributed by atoms with Gasteiger partial charge in [0.1, 0.15) is 5.88 Å². The van der Waals surface area contributed by atoms with Gasteiger partial charge in [0.15, 0.2) is 5.78 Å². The molecule has 156 valence electrons. The van der Waals surface area contributed by atoms with Gasteiger partial charge in [-0.3, -0.25) is 9.59 Å². The molecule has 0 radical (unpaired) electrons. The molecule has 0 spiro atoms.